The van der Waals surface area contributed by atoms with Crippen molar-refractivity contribution in [2.75, 3.05) is 56.3 Å². The number of aryl methyl sites for hydroxylation is 2. The molecule has 1 fully saturated rings. The van der Waals surface area contributed by atoms with Gasteiger partial charge >= 0.3 is 0 Å². The predicted molar refractivity (Wildman–Crippen MR) is 150 cm³/mol. The Hall–Kier alpha value is -3.62. The van der Waals surface area contributed by atoms with Crippen LogP contribution >= 0.6 is 11.6 Å². The van der Waals surface area contributed by atoms with E-state index in [1.54, 1.807) is 7.11 Å². The molecule has 3 aromatic rings. The number of benzene rings is 2. The first kappa shape index (κ1) is 26.4. The largest absolute Gasteiger partial charge is 0.496 e. The molecule has 1 saturated heterocycles. The van der Waals surface area contributed by atoms with Gasteiger partial charge in [0.05, 0.1) is 12.8 Å². The number of anilines is 3. The Labute approximate surface area is 223 Å². The molecular formula is C28H33ClN6O2. The summed E-state index contributed by atoms with van der Waals surface area (Å²) in [5, 5.41) is 3.15. The maximum atomic E-state index is 11.6. The Morgan fingerprint density at radius 2 is 1.95 bits per heavy atom. The second kappa shape index (κ2) is 12.1. The maximum Gasteiger partial charge on any atom is 0.247 e. The number of amides is 1. The summed E-state index contributed by atoms with van der Waals surface area (Å²) >= 11 is 6.48. The highest BCUT2D eigenvalue weighted by molar-refractivity contribution is 6.33. The monoisotopic (exact) mass is 520 g/mol. The molecule has 1 aromatic heterocycles. The molecule has 4 rings (SSSR count). The summed E-state index contributed by atoms with van der Waals surface area (Å²) in [6, 6.07) is 13.9. The number of piperazine rings is 1. The first-order valence-electron chi connectivity index (χ1n) is 12.3. The normalized spacial score (nSPS) is 13.9. The fourth-order valence-corrected chi connectivity index (χ4v) is 4.56. The van der Waals surface area contributed by atoms with Crippen molar-refractivity contribution in [3.63, 3.8) is 0 Å². The van der Waals surface area contributed by atoms with E-state index >= 15 is 0 Å². The van der Waals surface area contributed by atoms with Crippen LogP contribution < -0.4 is 20.7 Å². The molecule has 0 saturated carbocycles. The van der Waals surface area contributed by atoms with E-state index in [-0.39, 0.29) is 11.7 Å². The van der Waals surface area contributed by atoms with Crippen molar-refractivity contribution in [3.05, 3.63) is 82.8 Å². The second-order valence-corrected chi connectivity index (χ2v) is 9.52. The second-order valence-electron chi connectivity index (χ2n) is 9.14. The van der Waals surface area contributed by atoms with Crippen molar-refractivity contribution in [1.29, 1.82) is 0 Å². The molecule has 2 heterocycles. The van der Waals surface area contributed by atoms with Crippen LogP contribution in [-0.4, -0.2) is 61.1 Å². The molecule has 1 aliphatic rings. The number of halogens is 1. The summed E-state index contributed by atoms with van der Waals surface area (Å²) in [5.41, 5.74) is 10.7. The number of nitrogen functional groups attached to an aromatic ring is 1. The van der Waals surface area contributed by atoms with Crippen molar-refractivity contribution >= 4 is 34.7 Å². The number of likely N-dealkylation sites (N-methyl/N-ethyl adjacent to an activating group) is 1. The summed E-state index contributed by atoms with van der Waals surface area (Å²) in [6.45, 7) is 7.54. The summed E-state index contributed by atoms with van der Waals surface area (Å²) in [7, 11) is 3.83. The number of nitrogens with two attached hydrogens (primary N) is 1. The zero-order valence-corrected chi connectivity index (χ0v) is 22.1. The molecule has 2 aromatic carbocycles. The molecular weight excluding hydrogens is 488 g/mol. The van der Waals surface area contributed by atoms with Crippen LogP contribution in [0, 0.1) is 0 Å². The summed E-state index contributed by atoms with van der Waals surface area (Å²) in [4.78, 5) is 25.5. The van der Waals surface area contributed by atoms with Crippen molar-refractivity contribution in [3.8, 4) is 5.75 Å². The van der Waals surface area contributed by atoms with E-state index in [1.165, 1.54) is 6.08 Å². The van der Waals surface area contributed by atoms with Gasteiger partial charge in [0, 0.05) is 55.6 Å². The van der Waals surface area contributed by atoms with Crippen molar-refractivity contribution in [2.24, 2.45) is 0 Å². The SMILES string of the molecule is C=CC(=O)Nc1cccc(CCc2nc(Cc3ccc(N4CCN(C)CC4)cc3OC)nc(N)c2Cl)c1. The minimum atomic E-state index is -0.250. The quantitative estimate of drug-likeness (QED) is 0.412. The molecule has 3 N–H and O–H groups in total. The molecule has 0 unspecified atom stereocenters. The topological polar surface area (TPSA) is 96.6 Å². The van der Waals surface area contributed by atoms with E-state index in [2.05, 4.69) is 51.9 Å². The highest BCUT2D eigenvalue weighted by Crippen LogP contribution is 2.29. The van der Waals surface area contributed by atoms with Crippen LogP contribution in [0.5, 0.6) is 5.75 Å². The van der Waals surface area contributed by atoms with E-state index in [1.807, 2.05) is 24.3 Å². The van der Waals surface area contributed by atoms with Crippen molar-refractivity contribution in [2.45, 2.75) is 19.3 Å². The van der Waals surface area contributed by atoms with E-state index in [0.717, 1.165) is 48.7 Å². The molecule has 9 heteroatoms. The minimum absolute atomic E-state index is 0.250. The number of nitrogens with zero attached hydrogens (tertiary/aromatic N) is 4. The van der Waals surface area contributed by atoms with E-state index in [9.17, 15) is 4.79 Å². The number of nitrogens with one attached hydrogen (secondary N) is 1. The van der Waals surface area contributed by atoms with Gasteiger partial charge in [0.1, 0.15) is 22.4 Å². The number of rotatable bonds is 9. The maximum absolute atomic E-state index is 11.6. The average Bonchev–Trinajstić information content (AvgIpc) is 2.90. The summed E-state index contributed by atoms with van der Waals surface area (Å²) in [5.74, 6) is 1.41. The smallest absolute Gasteiger partial charge is 0.247 e. The molecule has 0 bridgehead atoms. The minimum Gasteiger partial charge on any atom is -0.496 e. The van der Waals surface area contributed by atoms with E-state index < -0.39 is 0 Å². The number of hydrogen-bond acceptors (Lipinski definition) is 7. The van der Waals surface area contributed by atoms with Gasteiger partial charge < -0.3 is 25.6 Å². The molecule has 0 spiro atoms. The standard InChI is InChI=1S/C28H33ClN6O2/c1-4-26(36)31-21-7-5-6-19(16-21)8-11-23-27(29)28(30)33-25(32-23)17-20-9-10-22(18-24(20)37-3)35-14-12-34(2)13-15-35/h4-7,9-10,16,18H,1,8,11-15,17H2,2-3H3,(H,31,36)(H2,30,32,33). The molecule has 0 aliphatic carbocycles. The Balaban J connectivity index is 1.49. The highest BCUT2D eigenvalue weighted by atomic mass is 35.5. The zero-order valence-electron chi connectivity index (χ0n) is 21.3. The van der Waals surface area contributed by atoms with Gasteiger partial charge in [-0.05, 0) is 49.7 Å². The fraction of sp³-hybridized carbons (Fsp3) is 0.321. The number of carbonyl (C=O) groups excluding carboxylic acids is 1. The highest BCUT2D eigenvalue weighted by Gasteiger charge is 2.17. The number of methoxy groups -OCH3 is 1. The van der Waals surface area contributed by atoms with Gasteiger partial charge in [-0.3, -0.25) is 4.79 Å². The number of carbonyl (C=O) groups is 1. The van der Waals surface area contributed by atoms with Crippen LogP contribution in [-0.2, 0) is 24.1 Å². The van der Waals surface area contributed by atoms with Crippen LogP contribution in [0.1, 0.15) is 22.6 Å². The van der Waals surface area contributed by atoms with Crippen molar-refractivity contribution in [1.82, 2.24) is 14.9 Å². The van der Waals surface area contributed by atoms with Gasteiger partial charge in [0.2, 0.25) is 5.91 Å². The molecule has 0 atom stereocenters. The summed E-state index contributed by atoms with van der Waals surface area (Å²) < 4.78 is 5.72. The first-order valence-corrected chi connectivity index (χ1v) is 12.7. The van der Waals surface area contributed by atoms with E-state index in [4.69, 9.17) is 27.1 Å². The van der Waals surface area contributed by atoms with Crippen LogP contribution in [0.3, 0.4) is 0 Å². The van der Waals surface area contributed by atoms with Crippen LogP contribution in [0.15, 0.2) is 55.1 Å². The number of aromatic nitrogens is 2. The van der Waals surface area contributed by atoms with E-state index in [0.29, 0.717) is 41.5 Å². The molecule has 1 aliphatic heterocycles. The lowest BCUT2D eigenvalue weighted by Gasteiger charge is -2.34. The molecule has 194 valence electrons. The molecule has 0 radical (unpaired) electrons. The summed E-state index contributed by atoms with van der Waals surface area (Å²) in [6.07, 6.45) is 2.98. The fourth-order valence-electron chi connectivity index (χ4n) is 4.38. The third-order valence-corrected chi connectivity index (χ3v) is 6.92. The molecule has 1 amide bonds. The number of hydrogen-bond donors (Lipinski definition) is 2. The number of ether oxygens (including phenoxy) is 1. The van der Waals surface area contributed by atoms with Crippen LogP contribution in [0.4, 0.5) is 17.2 Å². The van der Waals surface area contributed by atoms with Gasteiger partial charge in [-0.1, -0.05) is 36.4 Å². The third-order valence-electron chi connectivity index (χ3n) is 6.51. The lowest BCUT2D eigenvalue weighted by molar-refractivity contribution is -0.111. The van der Waals surface area contributed by atoms with Gasteiger partial charge in [-0.25, -0.2) is 9.97 Å². The first-order chi connectivity index (χ1) is 17.9. The Morgan fingerprint density at radius 3 is 2.68 bits per heavy atom. The Kier molecular flexibility index (Phi) is 8.63. The molecule has 37 heavy (non-hydrogen) atoms. The third kappa shape index (κ3) is 6.78. The van der Waals surface area contributed by atoms with Gasteiger partial charge in [0.15, 0.2) is 0 Å². The Bertz CT molecular complexity index is 1270. The van der Waals surface area contributed by atoms with Gasteiger partial charge in [0.25, 0.3) is 0 Å². The predicted octanol–water partition coefficient (Wildman–Crippen LogP) is 3.97. The zero-order chi connectivity index (χ0) is 26.4. The van der Waals surface area contributed by atoms with Crippen molar-refractivity contribution < 1.29 is 9.53 Å². The lowest BCUT2D eigenvalue weighted by Crippen LogP contribution is -2.44. The van der Waals surface area contributed by atoms with Crippen LogP contribution in [0.25, 0.3) is 0 Å². The Morgan fingerprint density at radius 1 is 1.16 bits per heavy atom. The van der Waals surface area contributed by atoms with Crippen LogP contribution in [0.2, 0.25) is 5.02 Å². The van der Waals surface area contributed by atoms with Gasteiger partial charge in [-0.15, -0.1) is 0 Å². The lowest BCUT2D eigenvalue weighted by atomic mass is 10.1. The molecule has 8 nitrogen and oxygen atoms in total. The average molecular weight is 521 g/mol. The van der Waals surface area contributed by atoms with Gasteiger partial charge in [-0.2, -0.15) is 0 Å².